The highest BCUT2D eigenvalue weighted by atomic mass is 16.5. The molecule has 1 aliphatic carbocycles. The van der Waals surface area contributed by atoms with Crippen molar-refractivity contribution in [2.24, 2.45) is 0 Å². The van der Waals surface area contributed by atoms with Crippen LogP contribution in [0.4, 0.5) is 0 Å². The molecule has 4 nitrogen and oxygen atoms in total. The number of benzene rings is 1. The molecule has 1 aliphatic rings. The van der Waals surface area contributed by atoms with Gasteiger partial charge in [0.2, 0.25) is 0 Å². The Balaban J connectivity index is 2.11. The first-order chi connectivity index (χ1) is 9.63. The van der Waals surface area contributed by atoms with Crippen LogP contribution in [0.15, 0.2) is 24.4 Å². The van der Waals surface area contributed by atoms with Crippen LogP contribution in [0, 0.1) is 0 Å². The lowest BCUT2D eigenvalue weighted by Gasteiger charge is -2.13. The molecule has 1 N–H and O–H groups in total. The zero-order chi connectivity index (χ0) is 14.3. The third-order valence-electron chi connectivity index (χ3n) is 3.75. The second-order valence-electron chi connectivity index (χ2n) is 5.23. The Morgan fingerprint density at radius 1 is 1.20 bits per heavy atom. The van der Waals surface area contributed by atoms with Crippen molar-refractivity contribution in [3.8, 4) is 22.8 Å². The van der Waals surface area contributed by atoms with E-state index in [9.17, 15) is 5.11 Å². The summed E-state index contributed by atoms with van der Waals surface area (Å²) in [7, 11) is 3.30. The standard InChI is InChI=1S/C16H19NO3/c1-10(18)9-17-5-4-11-6-12-7-14(19-2)15(20-3)8-13(12)16(11)17/h4-5,7-8,10,18H,6,9H2,1-3H3. The van der Waals surface area contributed by atoms with Gasteiger partial charge in [0.25, 0.3) is 0 Å². The molecule has 20 heavy (non-hydrogen) atoms. The molecule has 4 heteroatoms. The maximum atomic E-state index is 9.62. The van der Waals surface area contributed by atoms with E-state index in [1.54, 1.807) is 21.1 Å². The normalized spacial score (nSPS) is 13.8. The smallest absolute Gasteiger partial charge is 0.161 e. The molecular formula is C16H19NO3. The Labute approximate surface area is 118 Å². The average Bonchev–Trinajstić information content (AvgIpc) is 2.96. The van der Waals surface area contributed by atoms with Crippen molar-refractivity contribution >= 4 is 0 Å². The van der Waals surface area contributed by atoms with Gasteiger partial charge >= 0.3 is 0 Å². The van der Waals surface area contributed by atoms with Crippen molar-refractivity contribution in [2.45, 2.75) is 26.0 Å². The summed E-state index contributed by atoms with van der Waals surface area (Å²) in [4.78, 5) is 0. The average molecular weight is 273 g/mol. The van der Waals surface area contributed by atoms with Crippen molar-refractivity contribution < 1.29 is 14.6 Å². The molecule has 3 rings (SSSR count). The summed E-state index contributed by atoms with van der Waals surface area (Å²) < 4.78 is 12.9. The van der Waals surface area contributed by atoms with Gasteiger partial charge in [-0.1, -0.05) is 0 Å². The highest BCUT2D eigenvalue weighted by molar-refractivity contribution is 5.77. The highest BCUT2D eigenvalue weighted by Crippen LogP contribution is 2.43. The van der Waals surface area contributed by atoms with Crippen LogP contribution in [-0.4, -0.2) is 30.0 Å². The fourth-order valence-electron chi connectivity index (χ4n) is 2.92. The molecule has 0 aliphatic heterocycles. The van der Waals surface area contributed by atoms with Gasteiger partial charge in [0.15, 0.2) is 11.5 Å². The van der Waals surface area contributed by atoms with E-state index in [4.69, 9.17) is 9.47 Å². The fourth-order valence-corrected chi connectivity index (χ4v) is 2.92. The lowest BCUT2D eigenvalue weighted by molar-refractivity contribution is 0.174. The first-order valence-corrected chi connectivity index (χ1v) is 6.75. The summed E-state index contributed by atoms with van der Waals surface area (Å²) in [6.45, 7) is 2.40. The number of rotatable bonds is 4. The fraction of sp³-hybridized carbons (Fsp3) is 0.375. The first kappa shape index (κ1) is 13.1. The molecule has 1 unspecified atom stereocenters. The van der Waals surface area contributed by atoms with E-state index in [0.717, 1.165) is 17.9 Å². The van der Waals surface area contributed by atoms with Gasteiger partial charge < -0.3 is 19.1 Å². The molecule has 0 amide bonds. The molecule has 1 atom stereocenters. The van der Waals surface area contributed by atoms with Crippen molar-refractivity contribution in [1.29, 1.82) is 0 Å². The van der Waals surface area contributed by atoms with Crippen molar-refractivity contribution in [3.05, 3.63) is 35.5 Å². The maximum absolute atomic E-state index is 9.62. The number of ether oxygens (including phenoxy) is 2. The van der Waals surface area contributed by atoms with Crippen LogP contribution >= 0.6 is 0 Å². The Morgan fingerprint density at radius 3 is 2.55 bits per heavy atom. The maximum Gasteiger partial charge on any atom is 0.161 e. The van der Waals surface area contributed by atoms with Crippen LogP contribution in [0.3, 0.4) is 0 Å². The second-order valence-corrected chi connectivity index (χ2v) is 5.23. The third-order valence-corrected chi connectivity index (χ3v) is 3.75. The lowest BCUT2D eigenvalue weighted by atomic mass is 10.1. The van der Waals surface area contributed by atoms with Crippen LogP contribution in [-0.2, 0) is 13.0 Å². The molecule has 0 saturated carbocycles. The van der Waals surface area contributed by atoms with E-state index in [2.05, 4.69) is 10.6 Å². The monoisotopic (exact) mass is 273 g/mol. The zero-order valence-electron chi connectivity index (χ0n) is 12.0. The van der Waals surface area contributed by atoms with Crippen LogP contribution in [0.5, 0.6) is 11.5 Å². The Hall–Kier alpha value is -1.94. The summed E-state index contributed by atoms with van der Waals surface area (Å²) in [6.07, 6.45) is 2.57. The van der Waals surface area contributed by atoms with E-state index in [1.807, 2.05) is 18.3 Å². The van der Waals surface area contributed by atoms with Gasteiger partial charge in [0.1, 0.15) is 0 Å². The largest absolute Gasteiger partial charge is 0.493 e. The Kier molecular flexibility index (Phi) is 3.18. The number of aromatic nitrogens is 1. The zero-order valence-corrected chi connectivity index (χ0v) is 12.0. The molecule has 0 saturated heterocycles. The van der Waals surface area contributed by atoms with E-state index >= 15 is 0 Å². The molecule has 1 aromatic heterocycles. The van der Waals surface area contributed by atoms with E-state index in [-0.39, 0.29) is 6.10 Å². The first-order valence-electron chi connectivity index (χ1n) is 6.75. The summed E-state index contributed by atoms with van der Waals surface area (Å²) in [5, 5.41) is 9.62. The van der Waals surface area contributed by atoms with Crippen LogP contribution in [0.1, 0.15) is 18.1 Å². The van der Waals surface area contributed by atoms with Gasteiger partial charge in [-0.15, -0.1) is 0 Å². The quantitative estimate of drug-likeness (QED) is 0.794. The number of methoxy groups -OCH3 is 2. The summed E-state index contributed by atoms with van der Waals surface area (Å²) in [5.41, 5.74) is 4.88. The van der Waals surface area contributed by atoms with E-state index in [1.165, 1.54) is 22.4 Å². The highest BCUT2D eigenvalue weighted by Gasteiger charge is 2.25. The third kappa shape index (κ3) is 1.96. The van der Waals surface area contributed by atoms with E-state index in [0.29, 0.717) is 6.54 Å². The Bertz CT molecular complexity index is 643. The van der Waals surface area contributed by atoms with Crippen LogP contribution in [0.2, 0.25) is 0 Å². The summed E-state index contributed by atoms with van der Waals surface area (Å²) >= 11 is 0. The SMILES string of the molecule is COc1cc2c(cc1OC)-c1c(ccn1CC(C)O)C2. The van der Waals surface area contributed by atoms with Crippen molar-refractivity contribution in [1.82, 2.24) is 4.57 Å². The molecule has 0 radical (unpaired) electrons. The molecule has 106 valence electrons. The van der Waals surface area contributed by atoms with Gasteiger partial charge in [-0.3, -0.25) is 0 Å². The van der Waals surface area contributed by atoms with Crippen molar-refractivity contribution in [2.75, 3.05) is 14.2 Å². The van der Waals surface area contributed by atoms with Crippen LogP contribution < -0.4 is 9.47 Å². The minimum absolute atomic E-state index is 0.365. The summed E-state index contributed by atoms with van der Waals surface area (Å²) in [6, 6.07) is 6.19. The lowest BCUT2D eigenvalue weighted by Crippen LogP contribution is -2.11. The minimum atomic E-state index is -0.365. The number of hydrogen-bond donors (Lipinski definition) is 1. The molecule has 2 aromatic rings. The van der Waals surface area contributed by atoms with Gasteiger partial charge in [0.05, 0.1) is 26.0 Å². The van der Waals surface area contributed by atoms with Crippen molar-refractivity contribution in [3.63, 3.8) is 0 Å². The summed E-state index contributed by atoms with van der Waals surface area (Å²) in [5.74, 6) is 1.50. The predicted octanol–water partition coefficient (Wildman–Crippen LogP) is 2.46. The molecule has 1 aromatic carbocycles. The van der Waals surface area contributed by atoms with Gasteiger partial charge in [-0.2, -0.15) is 0 Å². The van der Waals surface area contributed by atoms with Gasteiger partial charge in [-0.25, -0.2) is 0 Å². The second kappa shape index (κ2) is 4.87. The van der Waals surface area contributed by atoms with Crippen LogP contribution in [0.25, 0.3) is 11.3 Å². The number of aliphatic hydroxyl groups excluding tert-OH is 1. The number of hydrogen-bond acceptors (Lipinski definition) is 3. The van der Waals surface area contributed by atoms with E-state index < -0.39 is 0 Å². The predicted molar refractivity (Wildman–Crippen MR) is 77.5 cm³/mol. The molecular weight excluding hydrogens is 254 g/mol. The Morgan fingerprint density at radius 2 is 1.90 bits per heavy atom. The minimum Gasteiger partial charge on any atom is -0.493 e. The van der Waals surface area contributed by atoms with Gasteiger partial charge in [0, 0.05) is 24.7 Å². The number of fused-ring (bicyclic) bond motifs is 3. The molecule has 0 fully saturated rings. The molecule has 1 heterocycles. The number of aliphatic hydroxyl groups is 1. The molecule has 0 spiro atoms. The topological polar surface area (TPSA) is 43.6 Å². The number of nitrogens with zero attached hydrogens (tertiary/aromatic N) is 1. The van der Waals surface area contributed by atoms with Gasteiger partial charge in [-0.05, 0) is 36.2 Å². The molecule has 0 bridgehead atoms.